The van der Waals surface area contributed by atoms with Crippen molar-refractivity contribution in [2.24, 2.45) is 0 Å². The molecule has 0 saturated carbocycles. The van der Waals surface area contributed by atoms with Gasteiger partial charge in [0.2, 0.25) is 0 Å². The lowest BCUT2D eigenvalue weighted by atomic mass is 9.87. The number of hydrogen-bond donors (Lipinski definition) is 2. The second kappa shape index (κ2) is 5.24. The highest BCUT2D eigenvalue weighted by molar-refractivity contribution is 6.06. The van der Waals surface area contributed by atoms with E-state index in [4.69, 9.17) is 4.52 Å². The number of carbonyl (C=O) groups is 1. The van der Waals surface area contributed by atoms with Gasteiger partial charge in [0.15, 0.2) is 0 Å². The highest BCUT2D eigenvalue weighted by atomic mass is 16.5. The minimum absolute atomic E-state index is 0.0307. The van der Waals surface area contributed by atoms with Crippen molar-refractivity contribution in [2.45, 2.75) is 40.0 Å². The van der Waals surface area contributed by atoms with Crippen LogP contribution < -0.4 is 5.32 Å². The zero-order valence-electron chi connectivity index (χ0n) is 12.9. The van der Waals surface area contributed by atoms with Crippen molar-refractivity contribution < 1.29 is 14.4 Å². The lowest BCUT2D eigenvalue weighted by molar-refractivity contribution is 0.102. The van der Waals surface area contributed by atoms with Crippen LogP contribution in [0.2, 0.25) is 0 Å². The molecule has 0 saturated heterocycles. The molecule has 21 heavy (non-hydrogen) atoms. The Morgan fingerprint density at radius 1 is 1.29 bits per heavy atom. The molecule has 1 aromatic carbocycles. The third-order valence-electron chi connectivity index (χ3n) is 3.37. The second-order valence-electron chi connectivity index (χ2n) is 6.14. The van der Waals surface area contributed by atoms with Crippen LogP contribution in [0.1, 0.15) is 48.1 Å². The summed E-state index contributed by atoms with van der Waals surface area (Å²) in [6.07, 6.45) is 0. The predicted molar refractivity (Wildman–Crippen MR) is 80.7 cm³/mol. The van der Waals surface area contributed by atoms with Gasteiger partial charge in [-0.25, -0.2) is 0 Å². The van der Waals surface area contributed by atoms with E-state index in [1.54, 1.807) is 26.0 Å². The monoisotopic (exact) mass is 288 g/mol. The smallest absolute Gasteiger partial charge is 0.261 e. The number of amides is 1. The zero-order valence-corrected chi connectivity index (χ0v) is 12.9. The van der Waals surface area contributed by atoms with Crippen LogP contribution in [0.5, 0.6) is 5.75 Å². The molecular weight excluding hydrogens is 268 g/mol. The first-order chi connectivity index (χ1) is 9.70. The van der Waals surface area contributed by atoms with Crippen LogP contribution in [0.15, 0.2) is 22.7 Å². The highest BCUT2D eigenvalue weighted by Crippen LogP contribution is 2.31. The van der Waals surface area contributed by atoms with E-state index in [0.717, 1.165) is 5.56 Å². The fourth-order valence-corrected chi connectivity index (χ4v) is 2.09. The number of nitrogens with zero attached hydrogens (tertiary/aromatic N) is 1. The average Bonchev–Trinajstić information content (AvgIpc) is 2.70. The Morgan fingerprint density at radius 3 is 2.48 bits per heavy atom. The van der Waals surface area contributed by atoms with Gasteiger partial charge >= 0.3 is 0 Å². The molecule has 0 unspecified atom stereocenters. The van der Waals surface area contributed by atoms with Gasteiger partial charge in [-0.15, -0.1) is 0 Å². The number of anilines is 1. The standard InChI is InChI=1S/C16H20N2O3/c1-9-14(10(2)21-18-9)15(20)17-12-8-11(16(3,4)5)6-7-13(12)19/h6-8,19H,1-5H3,(H,17,20). The second-order valence-corrected chi connectivity index (χ2v) is 6.14. The third-order valence-corrected chi connectivity index (χ3v) is 3.37. The minimum atomic E-state index is -0.340. The van der Waals surface area contributed by atoms with Crippen LogP contribution in [0.3, 0.4) is 0 Å². The molecule has 0 aliphatic carbocycles. The lowest BCUT2D eigenvalue weighted by Gasteiger charge is -2.20. The van der Waals surface area contributed by atoms with Gasteiger partial charge in [-0.2, -0.15) is 0 Å². The molecule has 0 aliphatic rings. The van der Waals surface area contributed by atoms with Crippen LogP contribution >= 0.6 is 0 Å². The van der Waals surface area contributed by atoms with Crippen molar-refractivity contribution in [1.82, 2.24) is 5.16 Å². The summed E-state index contributed by atoms with van der Waals surface area (Å²) < 4.78 is 4.99. The summed E-state index contributed by atoms with van der Waals surface area (Å²) in [4.78, 5) is 12.3. The Hall–Kier alpha value is -2.30. The third kappa shape index (κ3) is 3.07. The molecule has 2 N–H and O–H groups in total. The molecule has 0 aliphatic heterocycles. The number of aryl methyl sites for hydroxylation is 2. The molecule has 1 amide bonds. The fourth-order valence-electron chi connectivity index (χ4n) is 2.09. The molecule has 0 bridgehead atoms. The SMILES string of the molecule is Cc1noc(C)c1C(=O)Nc1cc(C(C)(C)C)ccc1O. The normalized spacial score (nSPS) is 11.5. The fraction of sp³-hybridized carbons (Fsp3) is 0.375. The number of phenolic OH excluding ortho intramolecular Hbond substituents is 1. The maximum absolute atomic E-state index is 12.3. The summed E-state index contributed by atoms with van der Waals surface area (Å²) in [6.45, 7) is 9.59. The van der Waals surface area contributed by atoms with Crippen molar-refractivity contribution in [3.63, 3.8) is 0 Å². The van der Waals surface area contributed by atoms with Crippen molar-refractivity contribution >= 4 is 11.6 Å². The first-order valence-corrected chi connectivity index (χ1v) is 6.78. The van der Waals surface area contributed by atoms with E-state index in [9.17, 15) is 9.90 Å². The largest absolute Gasteiger partial charge is 0.506 e. The number of nitrogens with one attached hydrogen (secondary N) is 1. The number of aromatic hydroxyl groups is 1. The minimum Gasteiger partial charge on any atom is -0.506 e. The first kappa shape index (κ1) is 15.1. The maximum atomic E-state index is 12.3. The summed E-state index contributed by atoms with van der Waals surface area (Å²) in [5.41, 5.74) is 2.25. The van der Waals surface area contributed by atoms with E-state index in [1.807, 2.05) is 6.07 Å². The van der Waals surface area contributed by atoms with E-state index < -0.39 is 0 Å². The lowest BCUT2D eigenvalue weighted by Crippen LogP contribution is -2.16. The first-order valence-electron chi connectivity index (χ1n) is 6.78. The average molecular weight is 288 g/mol. The molecule has 0 radical (unpaired) electrons. The van der Waals surface area contributed by atoms with Gasteiger partial charge in [0.05, 0.1) is 11.4 Å². The Bertz CT molecular complexity index is 662. The van der Waals surface area contributed by atoms with E-state index >= 15 is 0 Å². The van der Waals surface area contributed by atoms with Gasteiger partial charge < -0.3 is 14.9 Å². The van der Waals surface area contributed by atoms with Crippen molar-refractivity contribution in [3.8, 4) is 5.75 Å². The van der Waals surface area contributed by atoms with E-state index in [2.05, 4.69) is 31.2 Å². The molecule has 2 aromatic rings. The highest BCUT2D eigenvalue weighted by Gasteiger charge is 2.20. The van der Waals surface area contributed by atoms with Crippen LogP contribution in [0.25, 0.3) is 0 Å². The van der Waals surface area contributed by atoms with E-state index in [-0.39, 0.29) is 17.1 Å². The van der Waals surface area contributed by atoms with Crippen LogP contribution in [0.4, 0.5) is 5.69 Å². The number of aromatic nitrogens is 1. The van der Waals surface area contributed by atoms with Crippen molar-refractivity contribution in [3.05, 3.63) is 40.8 Å². The van der Waals surface area contributed by atoms with Gasteiger partial charge in [0.25, 0.3) is 5.91 Å². The van der Waals surface area contributed by atoms with E-state index in [0.29, 0.717) is 22.7 Å². The number of benzene rings is 1. The summed E-state index contributed by atoms with van der Waals surface area (Å²) in [5.74, 6) is 0.146. The molecule has 1 heterocycles. The van der Waals surface area contributed by atoms with Crippen LogP contribution in [0, 0.1) is 13.8 Å². The van der Waals surface area contributed by atoms with Gasteiger partial charge in [-0.05, 0) is 37.0 Å². The Morgan fingerprint density at radius 2 is 1.95 bits per heavy atom. The Labute approximate surface area is 124 Å². The molecule has 1 aromatic heterocycles. The molecule has 0 spiro atoms. The van der Waals surface area contributed by atoms with E-state index in [1.165, 1.54) is 0 Å². The molecular formula is C16H20N2O3. The Balaban J connectivity index is 2.34. The van der Waals surface area contributed by atoms with Gasteiger partial charge in [0, 0.05) is 0 Å². The molecule has 0 atom stereocenters. The quantitative estimate of drug-likeness (QED) is 0.829. The molecule has 0 fully saturated rings. The van der Waals surface area contributed by atoms with Crippen molar-refractivity contribution in [2.75, 3.05) is 5.32 Å². The molecule has 112 valence electrons. The number of rotatable bonds is 2. The number of hydrogen-bond acceptors (Lipinski definition) is 4. The van der Waals surface area contributed by atoms with Crippen LogP contribution in [-0.2, 0) is 5.41 Å². The summed E-state index contributed by atoms with van der Waals surface area (Å²) in [5, 5.41) is 16.4. The van der Waals surface area contributed by atoms with Crippen molar-refractivity contribution in [1.29, 1.82) is 0 Å². The van der Waals surface area contributed by atoms with Gasteiger partial charge in [0.1, 0.15) is 17.1 Å². The summed E-state index contributed by atoms with van der Waals surface area (Å²) in [7, 11) is 0. The van der Waals surface area contributed by atoms with Crippen LogP contribution in [-0.4, -0.2) is 16.2 Å². The number of carbonyl (C=O) groups excluding carboxylic acids is 1. The molecule has 5 heteroatoms. The van der Waals surface area contributed by atoms with Gasteiger partial charge in [-0.3, -0.25) is 4.79 Å². The topological polar surface area (TPSA) is 75.4 Å². The maximum Gasteiger partial charge on any atom is 0.261 e. The summed E-state index contributed by atoms with van der Waals surface area (Å²) >= 11 is 0. The Kier molecular flexibility index (Phi) is 3.77. The predicted octanol–water partition coefficient (Wildman–Crippen LogP) is 3.55. The number of phenols is 1. The molecule has 5 nitrogen and oxygen atoms in total. The van der Waals surface area contributed by atoms with Gasteiger partial charge in [-0.1, -0.05) is 32.0 Å². The molecule has 2 rings (SSSR count). The summed E-state index contributed by atoms with van der Waals surface area (Å²) in [6, 6.07) is 5.22. The zero-order chi connectivity index (χ0) is 15.8.